The van der Waals surface area contributed by atoms with Gasteiger partial charge in [0.15, 0.2) is 0 Å². The van der Waals surface area contributed by atoms with E-state index in [0.29, 0.717) is 0 Å². The Morgan fingerprint density at radius 1 is 0.413 bits per heavy atom. The van der Waals surface area contributed by atoms with Crippen molar-refractivity contribution in [2.75, 3.05) is 0 Å². The first-order chi connectivity index (χ1) is 22.7. The largest absolute Gasteiger partial charge is 0.309 e. The van der Waals surface area contributed by atoms with E-state index in [2.05, 4.69) is 157 Å². The van der Waals surface area contributed by atoms with Crippen LogP contribution in [-0.2, 0) is 0 Å². The van der Waals surface area contributed by atoms with Gasteiger partial charge in [0.2, 0.25) is 0 Å². The molecule has 0 unspecified atom stereocenters. The summed E-state index contributed by atoms with van der Waals surface area (Å²) in [6.07, 6.45) is 1.94. The average Bonchev–Trinajstić information content (AvgIpc) is 3.66. The quantitative estimate of drug-likeness (QED) is 0.178. The zero-order valence-corrected chi connectivity index (χ0v) is 25.8. The Labute approximate surface area is 269 Å². The van der Waals surface area contributed by atoms with Crippen LogP contribution in [0.3, 0.4) is 0 Å². The topological polar surface area (TPSA) is 4.93 Å². The maximum atomic E-state index is 4.07. The second kappa shape index (κ2) is 9.65. The summed E-state index contributed by atoms with van der Waals surface area (Å²) >= 11 is 1.86. The third kappa shape index (κ3) is 3.62. The van der Waals surface area contributed by atoms with Crippen LogP contribution in [-0.4, -0.2) is 4.57 Å². The van der Waals surface area contributed by atoms with Crippen LogP contribution in [0.2, 0.25) is 0 Å². The van der Waals surface area contributed by atoms with Crippen molar-refractivity contribution in [1.29, 1.82) is 0 Å². The lowest BCUT2D eigenvalue weighted by Gasteiger charge is -2.12. The molecule has 0 spiro atoms. The van der Waals surface area contributed by atoms with E-state index in [-0.39, 0.29) is 0 Å². The molecule has 1 nitrogen and oxygen atoms in total. The molecule has 8 aromatic carbocycles. The van der Waals surface area contributed by atoms with Gasteiger partial charge in [-0.05, 0) is 104 Å². The van der Waals surface area contributed by atoms with Gasteiger partial charge >= 0.3 is 0 Å². The normalized spacial score (nSPS) is 12.0. The third-order valence-electron chi connectivity index (χ3n) is 9.72. The predicted octanol–water partition coefficient (Wildman–Crippen LogP) is 12.9. The van der Waals surface area contributed by atoms with Crippen molar-refractivity contribution in [2.24, 2.45) is 0 Å². The molecule has 0 saturated heterocycles. The summed E-state index contributed by atoms with van der Waals surface area (Å²) in [7, 11) is 0. The van der Waals surface area contributed by atoms with Crippen molar-refractivity contribution in [3.63, 3.8) is 0 Å². The van der Waals surface area contributed by atoms with Crippen molar-refractivity contribution in [3.05, 3.63) is 158 Å². The Balaban J connectivity index is 1.22. The molecule has 0 radical (unpaired) electrons. The molecule has 0 bridgehead atoms. The van der Waals surface area contributed by atoms with Crippen molar-refractivity contribution in [1.82, 2.24) is 4.57 Å². The van der Waals surface area contributed by atoms with E-state index < -0.39 is 0 Å². The lowest BCUT2D eigenvalue weighted by atomic mass is 9.92. The highest BCUT2D eigenvalue weighted by molar-refractivity contribution is 7.25. The number of rotatable bonds is 3. The van der Waals surface area contributed by atoms with Gasteiger partial charge in [-0.1, -0.05) is 104 Å². The Bertz CT molecular complexity index is 2850. The van der Waals surface area contributed by atoms with Crippen molar-refractivity contribution >= 4 is 91.7 Å². The van der Waals surface area contributed by atoms with Crippen LogP contribution < -0.4 is 0 Å². The van der Waals surface area contributed by atoms with Gasteiger partial charge in [-0.3, -0.25) is 0 Å². The zero-order valence-electron chi connectivity index (χ0n) is 25.0. The molecule has 10 rings (SSSR count). The number of thiophene rings is 1. The van der Waals surface area contributed by atoms with E-state index in [1.807, 2.05) is 17.4 Å². The molecule has 0 aliphatic rings. The lowest BCUT2D eigenvalue weighted by Crippen LogP contribution is -1.93. The fraction of sp³-hybridized carbons (Fsp3) is 0. The minimum atomic E-state index is 1.13. The summed E-state index contributed by atoms with van der Waals surface area (Å²) in [4.78, 5) is 0. The monoisotopic (exact) mass is 601 g/mol. The van der Waals surface area contributed by atoms with Gasteiger partial charge in [-0.25, -0.2) is 0 Å². The molecule has 0 N–H and O–H groups in total. The van der Waals surface area contributed by atoms with Crippen molar-refractivity contribution in [3.8, 4) is 16.8 Å². The standard InChI is InChI=1S/C44H27NS/c1-2-27-15-20-41-38(23-27)39-25-29(17-21-42(39)45(41)30-18-22-44-40(26-30)36-13-7-8-14-43(36)46-44)28-16-19-35-33-11-4-3-9-31(33)32-10-5-6-12-34(32)37(35)24-28/h2-26H,1H2. The zero-order chi connectivity index (χ0) is 30.4. The van der Waals surface area contributed by atoms with E-state index in [1.165, 1.54) is 91.1 Å². The number of nitrogens with zero attached hydrogens (tertiary/aromatic N) is 1. The number of aromatic nitrogens is 1. The number of hydrogen-bond acceptors (Lipinski definition) is 1. The molecule has 0 saturated carbocycles. The highest BCUT2D eigenvalue weighted by Gasteiger charge is 2.16. The van der Waals surface area contributed by atoms with E-state index >= 15 is 0 Å². The second-order valence-corrected chi connectivity index (χ2v) is 13.3. The highest BCUT2D eigenvalue weighted by atomic mass is 32.1. The molecule has 0 aliphatic carbocycles. The average molecular weight is 602 g/mol. The van der Waals surface area contributed by atoms with Crippen LogP contribution in [0.15, 0.2) is 152 Å². The van der Waals surface area contributed by atoms with Crippen LogP contribution in [0.25, 0.3) is 97.2 Å². The van der Waals surface area contributed by atoms with Crippen LogP contribution in [0.1, 0.15) is 5.56 Å². The summed E-state index contributed by atoms with van der Waals surface area (Å²) in [5, 5.41) is 12.9. The third-order valence-corrected chi connectivity index (χ3v) is 10.9. The predicted molar refractivity (Wildman–Crippen MR) is 202 cm³/mol. The van der Waals surface area contributed by atoms with Crippen LogP contribution in [0.4, 0.5) is 0 Å². The van der Waals surface area contributed by atoms with Crippen molar-refractivity contribution in [2.45, 2.75) is 0 Å². The second-order valence-electron chi connectivity index (χ2n) is 12.2. The Kier molecular flexibility index (Phi) is 5.37. The minimum Gasteiger partial charge on any atom is -0.309 e. The number of hydrogen-bond donors (Lipinski definition) is 0. The van der Waals surface area contributed by atoms with E-state index in [1.54, 1.807) is 0 Å². The smallest absolute Gasteiger partial charge is 0.0541 e. The summed E-state index contributed by atoms with van der Waals surface area (Å²) in [6.45, 7) is 4.07. The molecular weight excluding hydrogens is 575 g/mol. The molecule has 0 amide bonds. The molecule has 0 atom stereocenters. The lowest BCUT2D eigenvalue weighted by molar-refractivity contribution is 1.19. The number of fused-ring (bicyclic) bond motifs is 12. The van der Waals surface area contributed by atoms with E-state index in [0.717, 1.165) is 5.56 Å². The molecule has 46 heavy (non-hydrogen) atoms. The van der Waals surface area contributed by atoms with Gasteiger partial charge in [0.05, 0.1) is 11.0 Å². The van der Waals surface area contributed by atoms with Gasteiger partial charge in [0.25, 0.3) is 0 Å². The van der Waals surface area contributed by atoms with Gasteiger partial charge in [0.1, 0.15) is 0 Å². The summed E-state index contributed by atoms with van der Waals surface area (Å²) in [5.74, 6) is 0. The van der Waals surface area contributed by atoms with Crippen LogP contribution in [0.5, 0.6) is 0 Å². The van der Waals surface area contributed by atoms with Gasteiger partial charge in [-0.15, -0.1) is 11.3 Å². The first-order valence-electron chi connectivity index (χ1n) is 15.7. The number of benzene rings is 8. The van der Waals surface area contributed by atoms with Gasteiger partial charge < -0.3 is 4.57 Å². The summed E-state index contributed by atoms with van der Waals surface area (Å²) in [5.41, 5.74) is 7.15. The van der Waals surface area contributed by atoms with Gasteiger partial charge in [-0.2, -0.15) is 0 Å². The summed E-state index contributed by atoms with van der Waals surface area (Å²) < 4.78 is 5.07. The molecule has 2 heteroatoms. The molecule has 2 aromatic heterocycles. The maximum Gasteiger partial charge on any atom is 0.0541 e. The Morgan fingerprint density at radius 3 is 1.67 bits per heavy atom. The van der Waals surface area contributed by atoms with Crippen molar-refractivity contribution < 1.29 is 0 Å². The van der Waals surface area contributed by atoms with Crippen LogP contribution in [0, 0.1) is 0 Å². The summed E-state index contributed by atoms with van der Waals surface area (Å²) in [6, 6.07) is 53.8. The van der Waals surface area contributed by atoms with Crippen LogP contribution >= 0.6 is 11.3 Å². The molecule has 0 aliphatic heterocycles. The van der Waals surface area contributed by atoms with E-state index in [4.69, 9.17) is 0 Å². The Hall–Kier alpha value is -5.70. The first kappa shape index (κ1) is 25.6. The fourth-order valence-electron chi connectivity index (χ4n) is 7.57. The molecule has 2 heterocycles. The molecule has 0 fully saturated rings. The highest BCUT2D eigenvalue weighted by Crippen LogP contribution is 2.41. The maximum absolute atomic E-state index is 4.07. The van der Waals surface area contributed by atoms with Gasteiger partial charge in [0, 0.05) is 36.6 Å². The molecular formula is C44H27NS. The SMILES string of the molecule is C=Cc1ccc2c(c1)c1cc(-c3ccc4c5ccccc5c5ccccc5c4c3)ccc1n2-c1ccc2sc3ccccc3c2c1. The molecule has 214 valence electrons. The fourth-order valence-corrected chi connectivity index (χ4v) is 8.65. The van der Waals surface area contributed by atoms with E-state index in [9.17, 15) is 0 Å². The first-order valence-corrected chi connectivity index (χ1v) is 16.5. The minimum absolute atomic E-state index is 1.13. The Morgan fingerprint density at radius 2 is 0.957 bits per heavy atom. The molecule has 10 aromatic rings.